The second-order valence-electron chi connectivity index (χ2n) is 3.75. The van der Waals surface area contributed by atoms with Crippen LogP contribution in [0.25, 0.3) is 10.9 Å². The Morgan fingerprint density at radius 1 is 1.40 bits per heavy atom. The number of hydrogen-bond acceptors (Lipinski definition) is 1. The molecule has 2 rings (SSSR count). The van der Waals surface area contributed by atoms with Crippen LogP contribution in [0.2, 0.25) is 0 Å². The van der Waals surface area contributed by atoms with Crippen LogP contribution in [0, 0.1) is 6.92 Å². The van der Waals surface area contributed by atoms with Crippen LogP contribution in [0.5, 0.6) is 0 Å². The molecule has 0 saturated carbocycles. The number of carbonyl (C=O) groups excluding carboxylic acids is 1. The van der Waals surface area contributed by atoms with Crippen molar-refractivity contribution in [3.8, 4) is 0 Å². The van der Waals surface area contributed by atoms with Crippen molar-refractivity contribution in [1.29, 1.82) is 0 Å². The zero-order valence-corrected chi connectivity index (χ0v) is 10.6. The van der Waals surface area contributed by atoms with Crippen LogP contribution >= 0.6 is 15.9 Å². The fourth-order valence-electron chi connectivity index (χ4n) is 1.99. The van der Waals surface area contributed by atoms with Crippen LogP contribution in [0.15, 0.2) is 22.7 Å². The van der Waals surface area contributed by atoms with E-state index in [2.05, 4.69) is 28.9 Å². The topological polar surface area (TPSA) is 22.0 Å². The van der Waals surface area contributed by atoms with Gasteiger partial charge in [-0.3, -0.25) is 4.79 Å². The van der Waals surface area contributed by atoms with Crippen LogP contribution in [0.1, 0.15) is 23.0 Å². The first kappa shape index (κ1) is 10.4. The van der Waals surface area contributed by atoms with Gasteiger partial charge in [-0.05, 0) is 34.5 Å². The number of ketones is 1. The number of hydrogen-bond donors (Lipinski definition) is 0. The molecular weight excluding hydrogens is 254 g/mol. The van der Waals surface area contributed by atoms with Gasteiger partial charge in [0.05, 0.1) is 10.2 Å². The van der Waals surface area contributed by atoms with Gasteiger partial charge in [-0.15, -0.1) is 0 Å². The lowest BCUT2D eigenvalue weighted by Crippen LogP contribution is -2.01. The van der Waals surface area contributed by atoms with Gasteiger partial charge in [0, 0.05) is 24.9 Å². The van der Waals surface area contributed by atoms with Gasteiger partial charge in [0.15, 0.2) is 5.78 Å². The van der Waals surface area contributed by atoms with Gasteiger partial charge in [0.2, 0.25) is 0 Å². The minimum absolute atomic E-state index is 0.0833. The Morgan fingerprint density at radius 3 is 2.60 bits per heavy atom. The molecule has 0 aliphatic heterocycles. The summed E-state index contributed by atoms with van der Waals surface area (Å²) in [7, 11) is 1.92. The Morgan fingerprint density at radius 2 is 2.07 bits per heavy atom. The van der Waals surface area contributed by atoms with E-state index in [1.54, 1.807) is 6.92 Å². The number of Topliss-reactive ketones (excluding diaryl/α,β-unsaturated/α-hetero) is 1. The number of nitrogens with zero attached hydrogens (tertiary/aromatic N) is 1. The lowest BCUT2D eigenvalue weighted by molar-refractivity contribution is 0.101. The van der Waals surface area contributed by atoms with E-state index < -0.39 is 0 Å². The summed E-state index contributed by atoms with van der Waals surface area (Å²) < 4.78 is 2.85. The molecule has 1 aromatic heterocycles. The first-order valence-corrected chi connectivity index (χ1v) is 5.57. The molecule has 0 radical (unpaired) electrons. The number of halogens is 1. The SMILES string of the molecule is CC(=O)c1c(Br)c2c(C)cccc2n1C. The first-order valence-electron chi connectivity index (χ1n) is 4.78. The summed E-state index contributed by atoms with van der Waals surface area (Å²) in [5, 5.41) is 1.13. The predicted molar refractivity (Wildman–Crippen MR) is 65.4 cm³/mol. The molecule has 0 aliphatic rings. The van der Waals surface area contributed by atoms with Crippen molar-refractivity contribution in [3.63, 3.8) is 0 Å². The van der Waals surface area contributed by atoms with Crippen molar-refractivity contribution in [1.82, 2.24) is 4.57 Å². The Kier molecular flexibility index (Phi) is 2.43. The molecule has 0 unspecified atom stereocenters. The number of aromatic nitrogens is 1. The summed E-state index contributed by atoms with van der Waals surface area (Å²) in [6.45, 7) is 3.64. The van der Waals surface area contributed by atoms with Crippen molar-refractivity contribution < 1.29 is 4.79 Å². The summed E-state index contributed by atoms with van der Waals surface area (Å²) in [5.41, 5.74) is 3.01. The molecular formula is C12H12BrNO. The minimum Gasteiger partial charge on any atom is -0.340 e. The van der Waals surface area contributed by atoms with E-state index in [1.165, 1.54) is 5.56 Å². The van der Waals surface area contributed by atoms with E-state index in [1.807, 2.05) is 23.7 Å². The molecule has 0 fully saturated rings. The predicted octanol–water partition coefficient (Wildman–Crippen LogP) is 3.45. The number of rotatable bonds is 1. The summed E-state index contributed by atoms with van der Waals surface area (Å²) in [6.07, 6.45) is 0. The average Bonchev–Trinajstić information content (AvgIpc) is 2.40. The third kappa shape index (κ3) is 1.42. The van der Waals surface area contributed by atoms with Crippen molar-refractivity contribution >= 4 is 32.6 Å². The fourth-order valence-corrected chi connectivity index (χ4v) is 3.06. The molecule has 0 amide bonds. The normalized spacial score (nSPS) is 10.9. The molecule has 1 heterocycles. The fraction of sp³-hybridized carbons (Fsp3) is 0.250. The molecule has 0 saturated heterocycles. The lowest BCUT2D eigenvalue weighted by Gasteiger charge is -1.99. The van der Waals surface area contributed by atoms with Crippen LogP contribution in [0.4, 0.5) is 0 Å². The van der Waals surface area contributed by atoms with Crippen molar-refractivity contribution in [2.24, 2.45) is 7.05 Å². The maximum absolute atomic E-state index is 11.5. The van der Waals surface area contributed by atoms with Crippen LogP contribution < -0.4 is 0 Å². The monoisotopic (exact) mass is 265 g/mol. The second-order valence-corrected chi connectivity index (χ2v) is 4.54. The van der Waals surface area contributed by atoms with Gasteiger partial charge in [-0.25, -0.2) is 0 Å². The zero-order valence-electron chi connectivity index (χ0n) is 8.97. The highest BCUT2D eigenvalue weighted by Gasteiger charge is 2.17. The van der Waals surface area contributed by atoms with Gasteiger partial charge in [-0.1, -0.05) is 12.1 Å². The maximum Gasteiger partial charge on any atom is 0.177 e. The third-order valence-corrected chi connectivity index (χ3v) is 3.48. The summed E-state index contributed by atoms with van der Waals surface area (Å²) in [5.74, 6) is 0.0833. The minimum atomic E-state index is 0.0833. The molecule has 0 spiro atoms. The van der Waals surface area contributed by atoms with Gasteiger partial charge >= 0.3 is 0 Å². The molecule has 0 bridgehead atoms. The molecule has 0 aliphatic carbocycles. The Hall–Kier alpha value is -1.09. The lowest BCUT2D eigenvalue weighted by atomic mass is 10.1. The number of carbonyl (C=O) groups is 1. The molecule has 2 aromatic rings. The van der Waals surface area contributed by atoms with E-state index in [0.29, 0.717) is 0 Å². The standard InChI is InChI=1S/C12H12BrNO/c1-7-5-4-6-9-10(7)11(13)12(8(2)15)14(9)3/h4-6H,1-3H3. The second kappa shape index (κ2) is 3.49. The quantitative estimate of drug-likeness (QED) is 0.724. The average molecular weight is 266 g/mol. The highest BCUT2D eigenvalue weighted by molar-refractivity contribution is 9.10. The van der Waals surface area contributed by atoms with Crippen LogP contribution in [-0.4, -0.2) is 10.4 Å². The smallest absolute Gasteiger partial charge is 0.177 e. The van der Waals surface area contributed by atoms with Gasteiger partial charge in [-0.2, -0.15) is 0 Å². The number of benzene rings is 1. The first-order chi connectivity index (χ1) is 7.04. The Labute approximate surface area is 97.0 Å². The van der Waals surface area contributed by atoms with E-state index in [0.717, 1.165) is 21.1 Å². The highest BCUT2D eigenvalue weighted by atomic mass is 79.9. The zero-order chi connectivity index (χ0) is 11.2. The van der Waals surface area contributed by atoms with Crippen LogP contribution in [0.3, 0.4) is 0 Å². The molecule has 78 valence electrons. The Balaban J connectivity index is 2.98. The Bertz CT molecular complexity index is 554. The summed E-state index contributed by atoms with van der Waals surface area (Å²) in [6, 6.07) is 6.09. The molecule has 3 heteroatoms. The maximum atomic E-state index is 11.5. The molecule has 1 aromatic carbocycles. The largest absolute Gasteiger partial charge is 0.340 e. The van der Waals surface area contributed by atoms with E-state index in [9.17, 15) is 4.79 Å². The van der Waals surface area contributed by atoms with Crippen molar-refractivity contribution in [3.05, 3.63) is 33.9 Å². The van der Waals surface area contributed by atoms with Gasteiger partial charge in [0.25, 0.3) is 0 Å². The third-order valence-electron chi connectivity index (χ3n) is 2.71. The molecule has 2 nitrogen and oxygen atoms in total. The van der Waals surface area contributed by atoms with E-state index in [-0.39, 0.29) is 5.78 Å². The van der Waals surface area contributed by atoms with E-state index >= 15 is 0 Å². The van der Waals surface area contributed by atoms with Gasteiger partial charge in [0.1, 0.15) is 0 Å². The summed E-state index contributed by atoms with van der Waals surface area (Å²) >= 11 is 3.51. The number of fused-ring (bicyclic) bond motifs is 1. The van der Waals surface area contributed by atoms with Gasteiger partial charge < -0.3 is 4.57 Å². The summed E-state index contributed by atoms with van der Waals surface area (Å²) in [4.78, 5) is 11.5. The molecule has 0 atom stereocenters. The van der Waals surface area contributed by atoms with Crippen molar-refractivity contribution in [2.75, 3.05) is 0 Å². The molecule has 15 heavy (non-hydrogen) atoms. The van der Waals surface area contributed by atoms with Crippen LogP contribution in [-0.2, 0) is 7.05 Å². The highest BCUT2D eigenvalue weighted by Crippen LogP contribution is 2.32. The van der Waals surface area contributed by atoms with Crippen molar-refractivity contribution in [2.45, 2.75) is 13.8 Å². The number of aryl methyl sites for hydroxylation is 2. The molecule has 0 N–H and O–H groups in total. The van der Waals surface area contributed by atoms with E-state index in [4.69, 9.17) is 0 Å².